The molecule has 0 bridgehead atoms. The molecule has 0 spiro atoms. The summed E-state index contributed by atoms with van der Waals surface area (Å²) in [5.74, 6) is -0.712. The minimum atomic E-state index is -0.534. The molecule has 3 rings (SSSR count). The zero-order valence-electron chi connectivity index (χ0n) is 13.3. The van der Waals surface area contributed by atoms with Crippen LogP contribution >= 0.6 is 34.5 Å². The summed E-state index contributed by atoms with van der Waals surface area (Å²) in [6, 6.07) is 4.27. The van der Waals surface area contributed by atoms with E-state index in [0.717, 1.165) is 0 Å². The fourth-order valence-electron chi connectivity index (χ4n) is 2.39. The largest absolute Gasteiger partial charge is 0.344 e. The number of anilines is 2. The summed E-state index contributed by atoms with van der Waals surface area (Å²) in [4.78, 5) is 39.5. The number of hydrogen-bond donors (Lipinski definition) is 3. The molecule has 3 amide bonds. The first kappa shape index (κ1) is 18.6. The summed E-state index contributed by atoms with van der Waals surface area (Å²) < 4.78 is 0. The van der Waals surface area contributed by atoms with Crippen molar-refractivity contribution in [2.24, 2.45) is 0 Å². The number of aromatic nitrogens is 1. The first-order valence-corrected chi connectivity index (χ1v) is 9.34. The van der Waals surface area contributed by atoms with Crippen LogP contribution in [0.15, 0.2) is 23.6 Å². The standard InChI is InChI=1S/C16H14Cl2N4O3S/c17-10-2-1-8(5-11(10)18)19-14(24)6-9-7-26-16(20-9)22-15(25)12-3-4-13(23)21-12/h1-2,5,7,12H,3-4,6H2,(H,19,24)(H,21,23)(H,20,22,25). The van der Waals surface area contributed by atoms with Crippen LogP contribution in [-0.4, -0.2) is 28.7 Å². The van der Waals surface area contributed by atoms with Crippen molar-refractivity contribution < 1.29 is 14.4 Å². The molecule has 1 saturated heterocycles. The second-order valence-corrected chi connectivity index (χ2v) is 7.32. The third-order valence-corrected chi connectivity index (χ3v) is 5.18. The molecule has 136 valence electrons. The summed E-state index contributed by atoms with van der Waals surface area (Å²) >= 11 is 13.0. The van der Waals surface area contributed by atoms with Crippen molar-refractivity contribution in [2.75, 3.05) is 10.6 Å². The van der Waals surface area contributed by atoms with Crippen molar-refractivity contribution in [3.63, 3.8) is 0 Å². The molecular weight excluding hydrogens is 399 g/mol. The molecule has 2 heterocycles. The average molecular weight is 413 g/mol. The van der Waals surface area contributed by atoms with Crippen LogP contribution in [-0.2, 0) is 20.8 Å². The van der Waals surface area contributed by atoms with E-state index in [-0.39, 0.29) is 24.1 Å². The number of amides is 3. The minimum Gasteiger partial charge on any atom is -0.344 e. The van der Waals surface area contributed by atoms with Gasteiger partial charge in [0.2, 0.25) is 17.7 Å². The molecular formula is C16H14Cl2N4O3S. The van der Waals surface area contributed by atoms with Gasteiger partial charge >= 0.3 is 0 Å². The summed E-state index contributed by atoms with van der Waals surface area (Å²) in [6.45, 7) is 0. The Balaban J connectivity index is 1.54. The molecule has 10 heteroatoms. The van der Waals surface area contributed by atoms with E-state index in [9.17, 15) is 14.4 Å². The van der Waals surface area contributed by atoms with E-state index in [1.807, 2.05) is 0 Å². The van der Waals surface area contributed by atoms with Gasteiger partial charge in [0, 0.05) is 17.5 Å². The van der Waals surface area contributed by atoms with Crippen molar-refractivity contribution in [3.8, 4) is 0 Å². The Morgan fingerprint density at radius 2 is 2.08 bits per heavy atom. The Kier molecular flexibility index (Phi) is 5.75. The van der Waals surface area contributed by atoms with Gasteiger partial charge in [-0.1, -0.05) is 23.2 Å². The van der Waals surface area contributed by atoms with E-state index >= 15 is 0 Å². The van der Waals surface area contributed by atoms with Crippen molar-refractivity contribution in [2.45, 2.75) is 25.3 Å². The monoisotopic (exact) mass is 412 g/mol. The van der Waals surface area contributed by atoms with E-state index in [0.29, 0.717) is 39.4 Å². The molecule has 3 N–H and O–H groups in total. The lowest BCUT2D eigenvalue weighted by molar-refractivity contribution is -0.122. The topological polar surface area (TPSA) is 100 Å². The van der Waals surface area contributed by atoms with E-state index in [2.05, 4.69) is 20.9 Å². The number of nitrogens with one attached hydrogen (secondary N) is 3. The van der Waals surface area contributed by atoms with E-state index in [4.69, 9.17) is 23.2 Å². The number of carbonyl (C=O) groups is 3. The van der Waals surface area contributed by atoms with E-state index < -0.39 is 6.04 Å². The third kappa shape index (κ3) is 4.72. The molecule has 26 heavy (non-hydrogen) atoms. The molecule has 1 unspecified atom stereocenters. The highest BCUT2D eigenvalue weighted by atomic mass is 35.5. The van der Waals surface area contributed by atoms with Gasteiger partial charge < -0.3 is 16.0 Å². The van der Waals surface area contributed by atoms with Gasteiger partial charge in [0.05, 0.1) is 22.2 Å². The fourth-order valence-corrected chi connectivity index (χ4v) is 3.40. The summed E-state index contributed by atoms with van der Waals surface area (Å²) in [6.07, 6.45) is 0.859. The van der Waals surface area contributed by atoms with Gasteiger partial charge in [-0.15, -0.1) is 11.3 Å². The van der Waals surface area contributed by atoms with Gasteiger partial charge in [-0.25, -0.2) is 4.98 Å². The quantitative estimate of drug-likeness (QED) is 0.702. The normalized spacial score (nSPS) is 16.2. The maximum atomic E-state index is 12.1. The summed E-state index contributed by atoms with van der Waals surface area (Å²) in [5.41, 5.74) is 1.06. The fraction of sp³-hybridized carbons (Fsp3) is 0.250. The van der Waals surface area contributed by atoms with Crippen LogP contribution < -0.4 is 16.0 Å². The number of halogens is 2. The lowest BCUT2D eigenvalue weighted by Gasteiger charge is -2.08. The molecule has 1 aromatic carbocycles. The summed E-state index contributed by atoms with van der Waals surface area (Å²) in [7, 11) is 0. The Morgan fingerprint density at radius 1 is 1.27 bits per heavy atom. The Bertz CT molecular complexity index is 871. The Labute approximate surface area is 163 Å². The molecule has 7 nitrogen and oxygen atoms in total. The van der Waals surface area contributed by atoms with Crippen molar-refractivity contribution >= 4 is 63.1 Å². The van der Waals surface area contributed by atoms with Gasteiger partial charge in [0.1, 0.15) is 6.04 Å². The Morgan fingerprint density at radius 3 is 2.77 bits per heavy atom. The number of hydrogen-bond acceptors (Lipinski definition) is 5. The van der Waals surface area contributed by atoms with Gasteiger partial charge in [0.25, 0.3) is 0 Å². The molecule has 1 fully saturated rings. The maximum absolute atomic E-state index is 12.1. The highest BCUT2D eigenvalue weighted by molar-refractivity contribution is 7.13. The smallest absolute Gasteiger partial charge is 0.248 e. The molecule has 2 aromatic rings. The number of thiazole rings is 1. The maximum Gasteiger partial charge on any atom is 0.248 e. The first-order valence-electron chi connectivity index (χ1n) is 7.70. The molecule has 1 aliphatic rings. The van der Waals surface area contributed by atoms with Crippen molar-refractivity contribution in [1.82, 2.24) is 10.3 Å². The lowest BCUT2D eigenvalue weighted by Crippen LogP contribution is -2.37. The average Bonchev–Trinajstić information content (AvgIpc) is 3.20. The van der Waals surface area contributed by atoms with Crippen LogP contribution in [0.3, 0.4) is 0 Å². The zero-order valence-corrected chi connectivity index (χ0v) is 15.7. The van der Waals surface area contributed by atoms with Crippen LogP contribution in [0.4, 0.5) is 10.8 Å². The van der Waals surface area contributed by atoms with Crippen LogP contribution in [0.1, 0.15) is 18.5 Å². The van der Waals surface area contributed by atoms with Crippen molar-refractivity contribution in [3.05, 3.63) is 39.3 Å². The predicted molar refractivity (Wildman–Crippen MR) is 101 cm³/mol. The van der Waals surface area contributed by atoms with Crippen LogP contribution in [0.2, 0.25) is 10.0 Å². The molecule has 1 aromatic heterocycles. The molecule has 0 radical (unpaired) electrons. The molecule has 0 aliphatic carbocycles. The van der Waals surface area contributed by atoms with Crippen LogP contribution in [0, 0.1) is 0 Å². The van der Waals surface area contributed by atoms with E-state index in [1.165, 1.54) is 11.3 Å². The van der Waals surface area contributed by atoms with Crippen molar-refractivity contribution in [1.29, 1.82) is 0 Å². The predicted octanol–water partition coefficient (Wildman–Crippen LogP) is 2.85. The third-order valence-electron chi connectivity index (χ3n) is 3.64. The number of rotatable bonds is 5. The van der Waals surface area contributed by atoms with Gasteiger partial charge in [-0.3, -0.25) is 14.4 Å². The zero-order chi connectivity index (χ0) is 18.7. The van der Waals surface area contributed by atoms with Gasteiger partial charge in [-0.2, -0.15) is 0 Å². The number of nitrogens with zero attached hydrogens (tertiary/aromatic N) is 1. The van der Waals surface area contributed by atoms with Gasteiger partial charge in [0.15, 0.2) is 5.13 Å². The number of benzene rings is 1. The lowest BCUT2D eigenvalue weighted by atomic mass is 10.2. The Hall–Kier alpha value is -2.16. The molecule has 0 saturated carbocycles. The number of carbonyl (C=O) groups excluding carboxylic acids is 3. The van der Waals surface area contributed by atoms with Crippen LogP contribution in [0.5, 0.6) is 0 Å². The molecule has 1 atom stereocenters. The highest BCUT2D eigenvalue weighted by Gasteiger charge is 2.27. The SMILES string of the molecule is O=C(Cc1csc(NC(=O)C2CCC(=O)N2)n1)Nc1ccc(Cl)c(Cl)c1. The second-order valence-electron chi connectivity index (χ2n) is 5.65. The minimum absolute atomic E-state index is 0.0484. The second kappa shape index (κ2) is 8.03. The van der Waals surface area contributed by atoms with E-state index in [1.54, 1.807) is 23.6 Å². The van der Waals surface area contributed by atoms with Crippen LogP contribution in [0.25, 0.3) is 0 Å². The highest BCUT2D eigenvalue weighted by Crippen LogP contribution is 2.25. The first-order chi connectivity index (χ1) is 12.4. The molecule has 1 aliphatic heterocycles. The summed E-state index contributed by atoms with van der Waals surface area (Å²) in [5, 5.41) is 10.8. The van der Waals surface area contributed by atoms with Gasteiger partial charge in [-0.05, 0) is 24.6 Å².